The van der Waals surface area contributed by atoms with Crippen molar-refractivity contribution in [3.05, 3.63) is 130 Å². The summed E-state index contributed by atoms with van der Waals surface area (Å²) in [6.07, 6.45) is 10.2. The molecule has 0 fully saturated rings. The van der Waals surface area contributed by atoms with Gasteiger partial charge >= 0.3 is 0 Å². The second-order valence-corrected chi connectivity index (χ2v) is 14.4. The quantitative estimate of drug-likeness (QED) is 0.291. The van der Waals surface area contributed by atoms with E-state index in [-0.39, 0.29) is 10.8 Å². The van der Waals surface area contributed by atoms with Gasteiger partial charge in [-0.1, -0.05) is 93.8 Å². The molecule has 0 N–H and O–H groups in total. The summed E-state index contributed by atoms with van der Waals surface area (Å²) >= 11 is 0. The lowest BCUT2D eigenvalue weighted by molar-refractivity contribution is 0.366. The zero-order valence-corrected chi connectivity index (χ0v) is 28.1. The molecule has 5 rings (SSSR count). The first-order chi connectivity index (χ1) is 20.3. The number of allylic oxidation sites excluding steroid dienone is 8. The molecule has 3 aromatic carbocycles. The average molecular weight is 571 g/mol. The molecule has 224 valence electrons. The standard InChI is InChI=1S/C41H50N2/c1-28-14-18-34(19-15-28)42(38-30(3)12-11-13-31(38)4)35-22-24-37(25-23-35)43(36-20-16-29(2)17-21-36)39-32(5)26-33(40(6,7)8)27-41(39,9)10/h11-14,16-18,20-26H,15,19,27H2,1-10H3. The van der Waals surface area contributed by atoms with E-state index in [0.717, 1.165) is 19.3 Å². The van der Waals surface area contributed by atoms with Crippen molar-refractivity contribution in [3.63, 3.8) is 0 Å². The molecule has 2 nitrogen and oxygen atoms in total. The van der Waals surface area contributed by atoms with Gasteiger partial charge in [-0.25, -0.2) is 0 Å². The van der Waals surface area contributed by atoms with Crippen LogP contribution in [0.4, 0.5) is 22.7 Å². The van der Waals surface area contributed by atoms with Crippen molar-refractivity contribution in [2.45, 2.75) is 88.5 Å². The molecule has 2 aliphatic carbocycles. The molecule has 0 aliphatic heterocycles. The highest BCUT2D eigenvalue weighted by Crippen LogP contribution is 2.50. The summed E-state index contributed by atoms with van der Waals surface area (Å²) in [5.74, 6) is 0. The molecule has 43 heavy (non-hydrogen) atoms. The Balaban J connectivity index is 1.66. The van der Waals surface area contributed by atoms with Crippen LogP contribution < -0.4 is 9.80 Å². The van der Waals surface area contributed by atoms with Gasteiger partial charge in [-0.05, 0) is 118 Å². The number of nitrogens with zero attached hydrogens (tertiary/aromatic N) is 2. The summed E-state index contributed by atoms with van der Waals surface area (Å²) in [7, 11) is 0. The van der Waals surface area contributed by atoms with E-state index in [4.69, 9.17) is 0 Å². The lowest BCUT2D eigenvalue weighted by Gasteiger charge is -2.44. The lowest BCUT2D eigenvalue weighted by atomic mass is 9.69. The molecule has 0 heterocycles. The van der Waals surface area contributed by atoms with Crippen molar-refractivity contribution in [2.75, 3.05) is 9.80 Å². The molecule has 0 bridgehead atoms. The van der Waals surface area contributed by atoms with Gasteiger partial charge in [0.25, 0.3) is 0 Å². The Hall–Kier alpha value is -3.78. The van der Waals surface area contributed by atoms with Crippen LogP contribution in [0.25, 0.3) is 0 Å². The molecule has 0 unspecified atom stereocenters. The Bertz CT molecular complexity index is 1600. The predicted molar refractivity (Wildman–Crippen MR) is 188 cm³/mol. The van der Waals surface area contributed by atoms with Gasteiger partial charge in [0.2, 0.25) is 0 Å². The second-order valence-electron chi connectivity index (χ2n) is 14.4. The van der Waals surface area contributed by atoms with Gasteiger partial charge in [0.1, 0.15) is 0 Å². The number of para-hydroxylation sites is 1. The van der Waals surface area contributed by atoms with E-state index >= 15 is 0 Å². The van der Waals surface area contributed by atoms with Gasteiger partial charge in [0.05, 0.1) is 5.69 Å². The van der Waals surface area contributed by atoms with Crippen molar-refractivity contribution in [1.82, 2.24) is 0 Å². The van der Waals surface area contributed by atoms with Crippen LogP contribution in [0.15, 0.2) is 113 Å². The molecule has 0 saturated heterocycles. The molecule has 0 aromatic heterocycles. The molecule has 0 atom stereocenters. The maximum atomic E-state index is 2.50. The maximum Gasteiger partial charge on any atom is 0.0516 e. The Morgan fingerprint density at radius 2 is 1.19 bits per heavy atom. The van der Waals surface area contributed by atoms with Crippen LogP contribution in [0.1, 0.15) is 84.4 Å². The van der Waals surface area contributed by atoms with Crippen molar-refractivity contribution in [3.8, 4) is 0 Å². The number of rotatable bonds is 6. The third kappa shape index (κ3) is 6.30. The van der Waals surface area contributed by atoms with E-state index in [1.165, 1.54) is 67.6 Å². The van der Waals surface area contributed by atoms with Gasteiger partial charge < -0.3 is 9.80 Å². The van der Waals surface area contributed by atoms with Crippen LogP contribution in [-0.2, 0) is 0 Å². The van der Waals surface area contributed by atoms with Gasteiger partial charge in [0.15, 0.2) is 0 Å². The fourth-order valence-corrected chi connectivity index (χ4v) is 6.80. The maximum absolute atomic E-state index is 2.50. The number of anilines is 4. The molecule has 2 aliphatic rings. The highest BCUT2D eigenvalue weighted by molar-refractivity contribution is 5.78. The van der Waals surface area contributed by atoms with Crippen LogP contribution in [0, 0.1) is 31.6 Å². The summed E-state index contributed by atoms with van der Waals surface area (Å²) in [5, 5.41) is 0. The fourth-order valence-electron chi connectivity index (χ4n) is 6.80. The van der Waals surface area contributed by atoms with Gasteiger partial charge in [-0.2, -0.15) is 0 Å². The fraction of sp³-hybridized carbons (Fsp3) is 0.366. The second kappa shape index (κ2) is 11.7. The van der Waals surface area contributed by atoms with Crippen LogP contribution in [0.3, 0.4) is 0 Å². The Kier molecular flexibility index (Phi) is 8.36. The summed E-state index contributed by atoms with van der Waals surface area (Å²) < 4.78 is 0. The van der Waals surface area contributed by atoms with E-state index in [9.17, 15) is 0 Å². The predicted octanol–water partition coefficient (Wildman–Crippen LogP) is 12.2. The topological polar surface area (TPSA) is 6.48 Å². The first kappa shape index (κ1) is 30.7. The van der Waals surface area contributed by atoms with E-state index in [2.05, 4.69) is 164 Å². The highest BCUT2D eigenvalue weighted by Gasteiger charge is 2.37. The highest BCUT2D eigenvalue weighted by atomic mass is 15.2. The lowest BCUT2D eigenvalue weighted by Crippen LogP contribution is -2.34. The number of hydrogen-bond donors (Lipinski definition) is 0. The minimum absolute atomic E-state index is 0.0214. The minimum Gasteiger partial charge on any atom is -0.314 e. The van der Waals surface area contributed by atoms with Gasteiger partial charge in [-0.15, -0.1) is 0 Å². The van der Waals surface area contributed by atoms with Crippen molar-refractivity contribution < 1.29 is 0 Å². The zero-order valence-electron chi connectivity index (χ0n) is 28.1. The van der Waals surface area contributed by atoms with Crippen molar-refractivity contribution in [2.24, 2.45) is 10.8 Å². The largest absolute Gasteiger partial charge is 0.314 e. The van der Waals surface area contributed by atoms with Crippen LogP contribution in [0.5, 0.6) is 0 Å². The van der Waals surface area contributed by atoms with Gasteiger partial charge in [-0.3, -0.25) is 0 Å². The molecule has 2 heteroatoms. The summed E-state index contributed by atoms with van der Waals surface area (Å²) in [4.78, 5) is 4.99. The van der Waals surface area contributed by atoms with E-state index in [0.29, 0.717) is 0 Å². The smallest absolute Gasteiger partial charge is 0.0516 e. The monoisotopic (exact) mass is 570 g/mol. The van der Waals surface area contributed by atoms with Gasteiger partial charge in [0, 0.05) is 33.9 Å². The zero-order chi connectivity index (χ0) is 31.1. The molecule has 3 aromatic rings. The van der Waals surface area contributed by atoms with Crippen LogP contribution in [-0.4, -0.2) is 0 Å². The van der Waals surface area contributed by atoms with E-state index < -0.39 is 0 Å². The first-order valence-corrected chi connectivity index (χ1v) is 15.9. The normalized spacial score (nSPS) is 16.8. The molecule has 0 saturated carbocycles. The van der Waals surface area contributed by atoms with Crippen LogP contribution in [0.2, 0.25) is 0 Å². The third-order valence-electron chi connectivity index (χ3n) is 9.17. The number of aryl methyl sites for hydroxylation is 3. The Morgan fingerprint density at radius 1 is 0.651 bits per heavy atom. The van der Waals surface area contributed by atoms with Crippen molar-refractivity contribution in [1.29, 1.82) is 0 Å². The molecular weight excluding hydrogens is 520 g/mol. The van der Waals surface area contributed by atoms with E-state index in [1.54, 1.807) is 0 Å². The average Bonchev–Trinajstić information content (AvgIpc) is 2.94. The summed E-state index contributed by atoms with van der Waals surface area (Å²) in [6.45, 7) is 23.0. The molecule has 0 amide bonds. The van der Waals surface area contributed by atoms with Crippen molar-refractivity contribution >= 4 is 22.7 Å². The number of hydrogen-bond acceptors (Lipinski definition) is 2. The first-order valence-electron chi connectivity index (χ1n) is 15.9. The summed E-state index contributed by atoms with van der Waals surface area (Å²) in [6, 6.07) is 24.9. The number of benzene rings is 3. The molecule has 0 radical (unpaired) electrons. The minimum atomic E-state index is -0.0214. The molecular formula is C41H50N2. The Morgan fingerprint density at radius 3 is 1.67 bits per heavy atom. The van der Waals surface area contributed by atoms with Crippen LogP contribution >= 0.6 is 0 Å². The third-order valence-corrected chi connectivity index (χ3v) is 9.17. The SMILES string of the molecule is CC1=CC=C(N(c2ccc(N(C3=C(C)C=C(C(C)(C)C)CC3(C)C)c3ccc(C)cc3)cc2)c2c(C)cccc2C)CC1. The van der Waals surface area contributed by atoms with E-state index in [1.807, 2.05) is 0 Å². The summed E-state index contributed by atoms with van der Waals surface area (Å²) in [5.41, 5.74) is 15.9. The Labute approximate surface area is 261 Å². The molecule has 0 spiro atoms.